The van der Waals surface area contributed by atoms with Gasteiger partial charge in [0.05, 0.1) is 5.54 Å². The Morgan fingerprint density at radius 1 is 1.32 bits per heavy atom. The first-order chi connectivity index (χ1) is 12.1. The third-order valence-corrected chi connectivity index (χ3v) is 5.59. The Bertz CT molecular complexity index is 753. The number of carbonyl (C=O) groups is 1. The molecule has 2 aromatic rings. The van der Waals surface area contributed by atoms with E-state index in [9.17, 15) is 4.79 Å². The SMILES string of the molecule is NC1(C(=O)NCC2CCN(Cc3ccc4nonc4c3)C2)CCCC1. The first-order valence-corrected chi connectivity index (χ1v) is 9.13. The Hall–Kier alpha value is -1.99. The summed E-state index contributed by atoms with van der Waals surface area (Å²) in [5.41, 5.74) is 8.38. The number of benzene rings is 1. The van der Waals surface area contributed by atoms with Gasteiger partial charge < -0.3 is 11.1 Å². The molecule has 0 bridgehead atoms. The molecular formula is C18H25N5O2. The van der Waals surface area contributed by atoms with E-state index in [0.717, 1.165) is 69.3 Å². The lowest BCUT2D eigenvalue weighted by Crippen LogP contribution is -2.52. The second-order valence-electron chi connectivity index (χ2n) is 7.55. The molecule has 1 aliphatic heterocycles. The number of nitrogens with zero attached hydrogens (tertiary/aromatic N) is 3. The Kier molecular flexibility index (Phi) is 4.43. The molecule has 7 heteroatoms. The zero-order valence-corrected chi connectivity index (χ0v) is 14.4. The van der Waals surface area contributed by atoms with Crippen molar-refractivity contribution in [3.63, 3.8) is 0 Å². The van der Waals surface area contributed by atoms with Crippen molar-refractivity contribution in [3.8, 4) is 0 Å². The van der Waals surface area contributed by atoms with Crippen LogP contribution >= 0.6 is 0 Å². The average molecular weight is 343 g/mol. The molecule has 1 atom stereocenters. The molecular weight excluding hydrogens is 318 g/mol. The van der Waals surface area contributed by atoms with Gasteiger partial charge >= 0.3 is 0 Å². The summed E-state index contributed by atoms with van der Waals surface area (Å²) in [5, 5.41) is 10.8. The molecule has 1 aliphatic carbocycles. The summed E-state index contributed by atoms with van der Waals surface area (Å²) < 4.78 is 4.75. The fraction of sp³-hybridized carbons (Fsp3) is 0.611. The largest absolute Gasteiger partial charge is 0.354 e. The monoisotopic (exact) mass is 343 g/mol. The maximum atomic E-state index is 12.3. The van der Waals surface area contributed by atoms with Crippen LogP contribution in [0.1, 0.15) is 37.7 Å². The van der Waals surface area contributed by atoms with Crippen LogP contribution in [0.5, 0.6) is 0 Å². The number of carbonyl (C=O) groups excluding carboxylic acids is 1. The molecule has 1 saturated heterocycles. The molecule has 2 aliphatic rings. The number of aromatic nitrogens is 2. The van der Waals surface area contributed by atoms with Crippen LogP contribution < -0.4 is 11.1 Å². The molecule has 4 rings (SSSR count). The number of likely N-dealkylation sites (tertiary alicyclic amines) is 1. The molecule has 1 unspecified atom stereocenters. The van der Waals surface area contributed by atoms with Crippen molar-refractivity contribution in [2.24, 2.45) is 11.7 Å². The fourth-order valence-electron chi connectivity index (χ4n) is 4.05. The minimum absolute atomic E-state index is 0.0347. The predicted molar refractivity (Wildman–Crippen MR) is 93.6 cm³/mol. The van der Waals surface area contributed by atoms with Gasteiger partial charge in [-0.25, -0.2) is 4.63 Å². The Morgan fingerprint density at radius 3 is 2.96 bits per heavy atom. The van der Waals surface area contributed by atoms with Gasteiger partial charge in [-0.3, -0.25) is 9.69 Å². The molecule has 134 valence electrons. The summed E-state index contributed by atoms with van der Waals surface area (Å²) in [6.45, 7) is 3.64. The van der Waals surface area contributed by atoms with Crippen molar-refractivity contribution in [2.75, 3.05) is 19.6 Å². The molecule has 2 heterocycles. The van der Waals surface area contributed by atoms with Gasteiger partial charge in [-0.15, -0.1) is 0 Å². The van der Waals surface area contributed by atoms with E-state index in [4.69, 9.17) is 10.4 Å². The van der Waals surface area contributed by atoms with E-state index in [2.05, 4.69) is 26.6 Å². The van der Waals surface area contributed by atoms with E-state index < -0.39 is 5.54 Å². The lowest BCUT2D eigenvalue weighted by atomic mass is 9.97. The third-order valence-electron chi connectivity index (χ3n) is 5.59. The number of hydrogen-bond acceptors (Lipinski definition) is 6. The molecule has 0 spiro atoms. The zero-order valence-electron chi connectivity index (χ0n) is 14.4. The molecule has 1 amide bonds. The lowest BCUT2D eigenvalue weighted by molar-refractivity contribution is -0.126. The van der Waals surface area contributed by atoms with Gasteiger partial charge in [-0.05, 0) is 59.7 Å². The normalized spacial score (nSPS) is 23.3. The summed E-state index contributed by atoms with van der Waals surface area (Å²) in [6.07, 6.45) is 4.86. The molecule has 3 N–H and O–H groups in total. The summed E-state index contributed by atoms with van der Waals surface area (Å²) in [4.78, 5) is 14.7. The van der Waals surface area contributed by atoms with Crippen LogP contribution in [-0.4, -0.2) is 46.3 Å². The highest BCUT2D eigenvalue weighted by Crippen LogP contribution is 2.27. The topological polar surface area (TPSA) is 97.3 Å². The van der Waals surface area contributed by atoms with Crippen LogP contribution in [0.25, 0.3) is 11.0 Å². The van der Waals surface area contributed by atoms with E-state index in [1.807, 2.05) is 12.1 Å². The van der Waals surface area contributed by atoms with E-state index in [1.54, 1.807) is 0 Å². The molecule has 25 heavy (non-hydrogen) atoms. The number of amides is 1. The molecule has 7 nitrogen and oxygen atoms in total. The number of nitrogens with one attached hydrogen (secondary N) is 1. The fourth-order valence-corrected chi connectivity index (χ4v) is 4.05. The van der Waals surface area contributed by atoms with Gasteiger partial charge in [-0.1, -0.05) is 18.9 Å². The minimum Gasteiger partial charge on any atom is -0.354 e. The summed E-state index contributed by atoms with van der Waals surface area (Å²) >= 11 is 0. The summed E-state index contributed by atoms with van der Waals surface area (Å²) in [7, 11) is 0. The summed E-state index contributed by atoms with van der Waals surface area (Å²) in [5.74, 6) is 0.527. The highest BCUT2D eigenvalue weighted by atomic mass is 16.6. The van der Waals surface area contributed by atoms with Crippen LogP contribution in [0.3, 0.4) is 0 Å². The molecule has 1 saturated carbocycles. The van der Waals surface area contributed by atoms with Crippen LogP contribution in [0, 0.1) is 5.92 Å². The van der Waals surface area contributed by atoms with Crippen molar-refractivity contribution in [2.45, 2.75) is 44.2 Å². The molecule has 1 aromatic carbocycles. The summed E-state index contributed by atoms with van der Waals surface area (Å²) in [6, 6.07) is 6.04. The van der Waals surface area contributed by atoms with Crippen molar-refractivity contribution >= 4 is 16.9 Å². The Labute approximate surface area is 146 Å². The number of rotatable bonds is 5. The highest BCUT2D eigenvalue weighted by molar-refractivity contribution is 5.86. The minimum atomic E-state index is -0.626. The van der Waals surface area contributed by atoms with Gasteiger partial charge in [-0.2, -0.15) is 0 Å². The maximum absolute atomic E-state index is 12.3. The predicted octanol–water partition coefficient (Wildman–Crippen LogP) is 1.43. The molecule has 1 aromatic heterocycles. The van der Waals surface area contributed by atoms with E-state index in [0.29, 0.717) is 5.92 Å². The van der Waals surface area contributed by atoms with E-state index in [-0.39, 0.29) is 5.91 Å². The first kappa shape index (κ1) is 16.5. The van der Waals surface area contributed by atoms with Crippen LogP contribution in [0.15, 0.2) is 22.8 Å². The van der Waals surface area contributed by atoms with Crippen molar-refractivity contribution in [3.05, 3.63) is 23.8 Å². The first-order valence-electron chi connectivity index (χ1n) is 9.13. The van der Waals surface area contributed by atoms with Crippen molar-refractivity contribution in [1.82, 2.24) is 20.5 Å². The Balaban J connectivity index is 1.27. The third kappa shape index (κ3) is 3.52. The smallest absolute Gasteiger partial charge is 0.240 e. The second kappa shape index (κ2) is 6.72. The second-order valence-corrected chi connectivity index (χ2v) is 7.55. The van der Waals surface area contributed by atoms with Gasteiger partial charge in [0.25, 0.3) is 0 Å². The van der Waals surface area contributed by atoms with E-state index >= 15 is 0 Å². The van der Waals surface area contributed by atoms with Crippen molar-refractivity contribution in [1.29, 1.82) is 0 Å². The van der Waals surface area contributed by atoms with Gasteiger partial charge in [0.2, 0.25) is 5.91 Å². The van der Waals surface area contributed by atoms with Gasteiger partial charge in [0, 0.05) is 19.6 Å². The number of hydrogen-bond donors (Lipinski definition) is 2. The number of fused-ring (bicyclic) bond motifs is 1. The maximum Gasteiger partial charge on any atom is 0.240 e. The standard InChI is InChI=1S/C18H25N5O2/c19-18(6-1-2-7-18)17(24)20-10-14-5-8-23(12-14)11-13-3-4-15-16(9-13)22-25-21-15/h3-4,9,14H,1-2,5-8,10-12,19H2,(H,20,24). The molecule has 0 radical (unpaired) electrons. The zero-order chi connectivity index (χ0) is 17.3. The highest BCUT2D eigenvalue weighted by Gasteiger charge is 2.37. The van der Waals surface area contributed by atoms with Crippen LogP contribution in [0.4, 0.5) is 0 Å². The Morgan fingerprint density at radius 2 is 2.12 bits per heavy atom. The quantitative estimate of drug-likeness (QED) is 0.852. The van der Waals surface area contributed by atoms with E-state index in [1.165, 1.54) is 5.56 Å². The van der Waals surface area contributed by atoms with Gasteiger partial charge in [0.1, 0.15) is 11.0 Å². The average Bonchev–Trinajstić information content (AvgIpc) is 3.33. The number of nitrogens with two attached hydrogens (primary N) is 1. The van der Waals surface area contributed by atoms with Crippen molar-refractivity contribution < 1.29 is 9.42 Å². The van der Waals surface area contributed by atoms with Crippen LogP contribution in [-0.2, 0) is 11.3 Å². The van der Waals surface area contributed by atoms with Gasteiger partial charge in [0.15, 0.2) is 0 Å². The van der Waals surface area contributed by atoms with Crippen LogP contribution in [0.2, 0.25) is 0 Å². The lowest BCUT2D eigenvalue weighted by Gasteiger charge is -2.23. The molecule has 2 fully saturated rings.